The van der Waals surface area contributed by atoms with Crippen LogP contribution in [0.25, 0.3) is 5.57 Å². The molecule has 38 heavy (non-hydrogen) atoms. The number of nitrogens with zero attached hydrogens (tertiary/aromatic N) is 6. The third-order valence-electron chi connectivity index (χ3n) is 4.59. The number of rotatable bonds is 4. The van der Waals surface area contributed by atoms with Crippen LogP contribution in [-0.2, 0) is 0 Å². The molecule has 2 rings (SSSR count). The third-order valence-corrected chi connectivity index (χ3v) is 4.59. The van der Waals surface area contributed by atoms with E-state index >= 15 is 0 Å². The Balaban J connectivity index is 0.00000208. The van der Waals surface area contributed by atoms with Crippen molar-refractivity contribution in [2.24, 2.45) is 0 Å². The molecule has 2 aromatic carbocycles. The molecular weight excluding hydrogens is 562 g/mol. The van der Waals surface area contributed by atoms with Crippen LogP contribution in [0.3, 0.4) is 0 Å². The SMILES string of the molecule is CN(C)c1ccc(C#CC(=C(C#N)C#N)C(=C(C#N)C#N)c2ccc(N(C)C)cc2)cc1.ClCCl.ClCCl. The zero-order valence-electron chi connectivity index (χ0n) is 21.2. The van der Waals surface area contributed by atoms with Gasteiger partial charge in [-0.25, -0.2) is 0 Å². The molecule has 0 fully saturated rings. The summed E-state index contributed by atoms with van der Waals surface area (Å²) in [5.74, 6) is 5.83. The molecule has 0 N–H and O–H groups in total. The Morgan fingerprint density at radius 3 is 1.34 bits per heavy atom. The van der Waals surface area contributed by atoms with Crippen LogP contribution in [0.2, 0.25) is 0 Å². The molecule has 0 saturated heterocycles. The molecule has 0 aromatic heterocycles. The summed E-state index contributed by atoms with van der Waals surface area (Å²) in [5, 5.41) is 38.6. The third kappa shape index (κ3) is 11.1. The number of hydrogen-bond acceptors (Lipinski definition) is 6. The van der Waals surface area contributed by atoms with E-state index in [-0.39, 0.29) is 33.0 Å². The summed E-state index contributed by atoms with van der Waals surface area (Å²) in [6, 6.07) is 22.0. The maximum Gasteiger partial charge on any atom is 0.145 e. The van der Waals surface area contributed by atoms with Gasteiger partial charge in [-0.3, -0.25) is 0 Å². The number of nitriles is 4. The summed E-state index contributed by atoms with van der Waals surface area (Å²) in [6.07, 6.45) is 0. The van der Waals surface area contributed by atoms with Crippen molar-refractivity contribution in [3.63, 3.8) is 0 Å². The monoisotopic (exact) mass is 584 g/mol. The number of alkyl halides is 4. The fraction of sp³-hybridized carbons (Fsp3) is 0.214. The van der Waals surface area contributed by atoms with Crippen molar-refractivity contribution in [2.75, 3.05) is 48.7 Å². The predicted octanol–water partition coefficient (Wildman–Crippen LogP) is 6.86. The normalized spacial score (nSPS) is 8.42. The van der Waals surface area contributed by atoms with Gasteiger partial charge in [0.1, 0.15) is 35.4 Å². The number of anilines is 2. The summed E-state index contributed by atoms with van der Waals surface area (Å²) in [6.45, 7) is 0. The lowest BCUT2D eigenvalue weighted by atomic mass is 9.90. The fourth-order valence-electron chi connectivity index (χ4n) is 2.84. The quantitative estimate of drug-likeness (QED) is 0.168. The molecule has 194 valence electrons. The topological polar surface area (TPSA) is 102 Å². The minimum absolute atomic E-state index is 0.0439. The van der Waals surface area contributed by atoms with Gasteiger partial charge in [0.25, 0.3) is 0 Å². The lowest BCUT2D eigenvalue weighted by Crippen LogP contribution is -2.08. The van der Waals surface area contributed by atoms with Crippen LogP contribution >= 0.6 is 46.4 Å². The zero-order valence-corrected chi connectivity index (χ0v) is 24.3. The second kappa shape index (κ2) is 19.3. The average Bonchev–Trinajstić information content (AvgIpc) is 2.91. The van der Waals surface area contributed by atoms with Crippen LogP contribution in [0, 0.1) is 57.2 Å². The highest BCUT2D eigenvalue weighted by molar-refractivity contribution is 6.41. The average molecular weight is 586 g/mol. The van der Waals surface area contributed by atoms with Crippen LogP contribution in [-0.4, -0.2) is 38.9 Å². The van der Waals surface area contributed by atoms with Gasteiger partial charge in [0, 0.05) is 50.7 Å². The molecular formula is C28H24Cl4N6. The van der Waals surface area contributed by atoms with Crippen LogP contribution < -0.4 is 9.80 Å². The van der Waals surface area contributed by atoms with Crippen molar-refractivity contribution in [3.8, 4) is 36.1 Å². The van der Waals surface area contributed by atoms with Gasteiger partial charge in [-0.15, -0.1) is 46.4 Å². The molecule has 0 spiro atoms. The van der Waals surface area contributed by atoms with E-state index in [9.17, 15) is 21.0 Å². The van der Waals surface area contributed by atoms with Crippen molar-refractivity contribution in [1.29, 1.82) is 21.0 Å². The molecule has 0 saturated carbocycles. The Morgan fingerprint density at radius 2 is 1.00 bits per heavy atom. The van der Waals surface area contributed by atoms with Crippen molar-refractivity contribution >= 4 is 63.4 Å². The lowest BCUT2D eigenvalue weighted by molar-refractivity contribution is 1.13. The van der Waals surface area contributed by atoms with Gasteiger partial charge >= 0.3 is 0 Å². The van der Waals surface area contributed by atoms with E-state index in [1.165, 1.54) is 0 Å². The number of halogens is 4. The highest BCUT2D eigenvalue weighted by atomic mass is 35.5. The molecule has 0 aliphatic carbocycles. The maximum absolute atomic E-state index is 9.56. The highest BCUT2D eigenvalue weighted by Crippen LogP contribution is 2.30. The first-order valence-corrected chi connectivity index (χ1v) is 12.7. The van der Waals surface area contributed by atoms with E-state index in [4.69, 9.17) is 46.4 Å². The summed E-state index contributed by atoms with van der Waals surface area (Å²) < 4.78 is 0. The summed E-state index contributed by atoms with van der Waals surface area (Å²) >= 11 is 19.1. The second-order valence-corrected chi connectivity index (χ2v) is 8.90. The van der Waals surface area contributed by atoms with Gasteiger partial charge in [-0.05, 0) is 42.0 Å². The zero-order chi connectivity index (χ0) is 29.1. The lowest BCUT2D eigenvalue weighted by Gasteiger charge is -2.14. The van der Waals surface area contributed by atoms with E-state index in [0.29, 0.717) is 11.1 Å². The van der Waals surface area contributed by atoms with Crippen LogP contribution in [0.4, 0.5) is 11.4 Å². The molecule has 0 unspecified atom stereocenters. The molecule has 0 heterocycles. The molecule has 10 heteroatoms. The van der Waals surface area contributed by atoms with Gasteiger partial charge < -0.3 is 9.80 Å². The molecule has 0 bridgehead atoms. The van der Waals surface area contributed by atoms with Crippen LogP contribution in [0.15, 0.2) is 65.3 Å². The number of allylic oxidation sites excluding steroid dienone is 4. The Kier molecular flexibility index (Phi) is 17.4. The summed E-state index contributed by atoms with van der Waals surface area (Å²) in [4.78, 5) is 3.86. The van der Waals surface area contributed by atoms with E-state index in [1.807, 2.05) is 98.7 Å². The maximum atomic E-state index is 9.56. The van der Waals surface area contributed by atoms with Crippen molar-refractivity contribution in [3.05, 3.63) is 76.4 Å². The van der Waals surface area contributed by atoms with Crippen molar-refractivity contribution in [1.82, 2.24) is 0 Å². The van der Waals surface area contributed by atoms with E-state index in [0.717, 1.165) is 11.4 Å². The van der Waals surface area contributed by atoms with E-state index in [1.54, 1.807) is 12.1 Å². The standard InChI is InChI=1S/C26H20N6.2CH2Cl2/c1-31(2)23-10-5-19(6-11-23)7-14-25(21(15-27)16-28)26(22(17-29)18-30)20-8-12-24(13-9-20)32(3)4;2*2-1-3/h5-6,8-13H,1-4H3;2*1H2. The summed E-state index contributed by atoms with van der Waals surface area (Å²) in [7, 11) is 7.64. The fourth-order valence-corrected chi connectivity index (χ4v) is 2.84. The van der Waals surface area contributed by atoms with Crippen molar-refractivity contribution < 1.29 is 0 Å². The largest absolute Gasteiger partial charge is 0.378 e. The van der Waals surface area contributed by atoms with Gasteiger partial charge in [-0.2, -0.15) is 21.0 Å². The Labute approximate surface area is 244 Å². The molecule has 2 aromatic rings. The van der Waals surface area contributed by atoms with E-state index < -0.39 is 0 Å². The Bertz CT molecular complexity index is 1300. The Morgan fingerprint density at radius 1 is 0.632 bits per heavy atom. The smallest absolute Gasteiger partial charge is 0.145 e. The minimum atomic E-state index is -0.267. The minimum Gasteiger partial charge on any atom is -0.378 e. The predicted molar refractivity (Wildman–Crippen MR) is 158 cm³/mol. The Hall–Kier alpha value is -3.80. The first-order chi connectivity index (χ1) is 18.2. The first-order valence-electron chi connectivity index (χ1n) is 10.6. The van der Waals surface area contributed by atoms with Gasteiger partial charge in [0.05, 0.1) is 16.3 Å². The summed E-state index contributed by atoms with van der Waals surface area (Å²) in [5.41, 5.74) is 2.82. The van der Waals surface area contributed by atoms with E-state index in [2.05, 4.69) is 11.8 Å². The van der Waals surface area contributed by atoms with Crippen molar-refractivity contribution in [2.45, 2.75) is 0 Å². The van der Waals surface area contributed by atoms with Gasteiger partial charge in [0.15, 0.2) is 0 Å². The van der Waals surface area contributed by atoms with Crippen LogP contribution in [0.1, 0.15) is 11.1 Å². The van der Waals surface area contributed by atoms with Crippen LogP contribution in [0.5, 0.6) is 0 Å². The molecule has 0 radical (unpaired) electrons. The molecule has 0 aliphatic heterocycles. The number of benzene rings is 2. The molecule has 0 amide bonds. The van der Waals surface area contributed by atoms with Gasteiger partial charge in [-0.1, -0.05) is 24.0 Å². The first kappa shape index (κ1) is 34.2. The molecule has 0 aliphatic rings. The molecule has 0 atom stereocenters. The highest BCUT2D eigenvalue weighted by Gasteiger charge is 2.18. The molecule has 6 nitrogen and oxygen atoms in total. The second-order valence-electron chi connectivity index (χ2n) is 7.28. The number of hydrogen-bond donors (Lipinski definition) is 0. The van der Waals surface area contributed by atoms with Gasteiger partial charge in [0.2, 0.25) is 0 Å².